The summed E-state index contributed by atoms with van der Waals surface area (Å²) in [6.45, 7) is 3.80. The van der Waals surface area contributed by atoms with Gasteiger partial charge in [-0.25, -0.2) is 0 Å². The van der Waals surface area contributed by atoms with Crippen LogP contribution in [0.25, 0.3) is 10.0 Å². The first-order chi connectivity index (χ1) is 15.4. The number of nitrogens with zero attached hydrogens (tertiary/aromatic N) is 2. The second-order valence-corrected chi connectivity index (χ2v) is 12.2. The SMILES string of the molecule is Cc1ccc(C2=CC=C(c3ccccc3)C(N=CN3CCCCC3)=[Se]2O[Cl+3]([O-])([O-])[O-])cc1. The third kappa shape index (κ3) is 5.82. The first-order valence-electron chi connectivity index (χ1n) is 10.5. The zero-order chi connectivity index (χ0) is 22.6. The minimum absolute atomic E-state index is 0.520. The first kappa shape index (κ1) is 23.1. The number of likely N-dealkylation sites (tertiary alicyclic amines) is 1. The molecular formula is C24H25ClN2O4Se. The van der Waals surface area contributed by atoms with Crippen LogP contribution in [0.5, 0.6) is 0 Å². The van der Waals surface area contributed by atoms with Gasteiger partial charge in [-0.2, -0.15) is 0 Å². The third-order valence-corrected chi connectivity index (χ3v) is 10.4. The van der Waals surface area contributed by atoms with E-state index >= 15 is 0 Å². The van der Waals surface area contributed by atoms with Gasteiger partial charge >= 0.3 is 195 Å². The van der Waals surface area contributed by atoms with Gasteiger partial charge in [0.15, 0.2) is 0 Å². The second-order valence-electron chi connectivity index (χ2n) is 7.70. The van der Waals surface area contributed by atoms with Crippen LogP contribution >= 0.6 is 0 Å². The molecule has 0 aliphatic carbocycles. The Bertz CT molecular complexity index is 1070. The summed E-state index contributed by atoms with van der Waals surface area (Å²) in [5.41, 5.74) is 3.59. The van der Waals surface area contributed by atoms with Crippen LogP contribution in [0, 0.1) is 17.2 Å². The Kier molecular flexibility index (Phi) is 7.38. The third-order valence-electron chi connectivity index (χ3n) is 5.30. The molecule has 4 rings (SSSR count). The molecule has 0 amide bonds. The van der Waals surface area contributed by atoms with Gasteiger partial charge in [-0.15, -0.1) is 0 Å². The molecule has 0 bridgehead atoms. The van der Waals surface area contributed by atoms with E-state index in [1.165, 1.54) is 6.42 Å². The van der Waals surface area contributed by atoms with Crippen molar-refractivity contribution in [3.8, 4) is 0 Å². The molecule has 2 heterocycles. The van der Waals surface area contributed by atoms with Crippen molar-refractivity contribution in [2.75, 3.05) is 13.1 Å². The van der Waals surface area contributed by atoms with E-state index in [1.54, 1.807) is 6.34 Å². The summed E-state index contributed by atoms with van der Waals surface area (Å²) in [4.78, 5) is 6.89. The van der Waals surface area contributed by atoms with Crippen molar-refractivity contribution in [2.45, 2.75) is 26.2 Å². The van der Waals surface area contributed by atoms with Crippen molar-refractivity contribution in [3.63, 3.8) is 0 Å². The number of piperidine rings is 1. The molecule has 0 N–H and O–H groups in total. The molecule has 168 valence electrons. The Balaban J connectivity index is 1.85. The average Bonchev–Trinajstić information content (AvgIpc) is 2.79. The van der Waals surface area contributed by atoms with E-state index in [9.17, 15) is 14.0 Å². The van der Waals surface area contributed by atoms with E-state index in [0.29, 0.717) is 9.01 Å². The van der Waals surface area contributed by atoms with Gasteiger partial charge in [0, 0.05) is 0 Å². The number of aliphatic imine (C=N–C) groups is 1. The summed E-state index contributed by atoms with van der Waals surface area (Å²) in [5.74, 6) is 0. The zero-order valence-electron chi connectivity index (χ0n) is 17.8. The van der Waals surface area contributed by atoms with Crippen molar-refractivity contribution < 1.29 is 27.6 Å². The monoisotopic (exact) mass is 520 g/mol. The summed E-state index contributed by atoms with van der Waals surface area (Å²) in [6, 6.07) is 17.4. The molecule has 6 nitrogen and oxygen atoms in total. The van der Waals surface area contributed by atoms with Crippen LogP contribution < -0.4 is 14.0 Å². The predicted molar refractivity (Wildman–Crippen MR) is 119 cm³/mol. The van der Waals surface area contributed by atoms with E-state index in [4.69, 9.17) is 8.36 Å². The molecular weight excluding hydrogens is 495 g/mol. The van der Waals surface area contributed by atoms with Crippen LogP contribution in [0.2, 0.25) is 0 Å². The predicted octanol–water partition coefficient (Wildman–Crippen LogP) is 1.15. The van der Waals surface area contributed by atoms with Crippen LogP contribution in [-0.2, 0) is 3.37 Å². The molecule has 0 radical (unpaired) electrons. The molecule has 2 aliphatic heterocycles. The van der Waals surface area contributed by atoms with Gasteiger partial charge in [0.25, 0.3) is 0 Å². The molecule has 1 atom stereocenters. The number of benzene rings is 2. The fourth-order valence-corrected chi connectivity index (χ4v) is 8.42. The molecule has 32 heavy (non-hydrogen) atoms. The topological polar surface area (TPSA) is 94.0 Å². The standard InChI is InChI=1S/C24H25ClN2O4Se/c1-19-10-12-21(13-11-19)23-15-14-22(20-8-4-2-5-9-20)24(32(23)31-25(28,29)30)26-18-27-16-6-3-7-17-27/h2,4-5,8-15,18H,3,6-7,16-17H2,1H3. The molecule has 0 spiro atoms. The van der Waals surface area contributed by atoms with Gasteiger partial charge in [-0.1, -0.05) is 0 Å². The van der Waals surface area contributed by atoms with Gasteiger partial charge < -0.3 is 0 Å². The van der Waals surface area contributed by atoms with Gasteiger partial charge in [0.1, 0.15) is 0 Å². The van der Waals surface area contributed by atoms with Crippen molar-refractivity contribution >= 4 is 34.7 Å². The normalized spacial score (nSPS) is 19.8. The Morgan fingerprint density at radius 2 is 1.59 bits per heavy atom. The number of halogens is 1. The second kappa shape index (κ2) is 10.2. The molecule has 8 heteroatoms. The van der Waals surface area contributed by atoms with Crippen molar-refractivity contribution in [1.82, 2.24) is 4.90 Å². The van der Waals surface area contributed by atoms with Gasteiger partial charge in [-0.3, -0.25) is 0 Å². The quantitative estimate of drug-likeness (QED) is 0.324. The van der Waals surface area contributed by atoms with E-state index < -0.39 is 24.0 Å². The summed E-state index contributed by atoms with van der Waals surface area (Å²) in [6.07, 6.45) is 8.96. The molecule has 2 aliphatic rings. The van der Waals surface area contributed by atoms with Crippen LogP contribution in [0.3, 0.4) is 0 Å². The summed E-state index contributed by atoms with van der Waals surface area (Å²) in [5, 5.41) is 0. The minimum atomic E-state index is -4.62. The Morgan fingerprint density at radius 1 is 0.906 bits per heavy atom. The van der Waals surface area contributed by atoms with E-state index in [0.717, 1.165) is 48.2 Å². The van der Waals surface area contributed by atoms with Crippen LogP contribution in [-0.4, -0.2) is 42.7 Å². The van der Waals surface area contributed by atoms with E-state index in [1.807, 2.05) is 73.7 Å². The number of hydrogen-bond acceptors (Lipinski definition) is 5. The molecule has 2 aromatic carbocycles. The van der Waals surface area contributed by atoms with Crippen molar-refractivity contribution in [3.05, 3.63) is 83.4 Å². The van der Waals surface area contributed by atoms with Crippen LogP contribution in [0.15, 0.2) is 71.7 Å². The van der Waals surface area contributed by atoms with Crippen molar-refractivity contribution in [2.24, 2.45) is 4.99 Å². The molecule has 1 unspecified atom stereocenters. The fraction of sp³-hybridized carbons (Fsp3) is 0.250. The summed E-state index contributed by atoms with van der Waals surface area (Å²) >= 11 is -2.77. The number of aryl methyl sites for hydroxylation is 1. The molecule has 1 fully saturated rings. The molecule has 2 aromatic rings. The van der Waals surface area contributed by atoms with E-state index in [-0.39, 0.29) is 0 Å². The van der Waals surface area contributed by atoms with Crippen LogP contribution in [0.4, 0.5) is 0 Å². The van der Waals surface area contributed by atoms with Gasteiger partial charge in [0.2, 0.25) is 0 Å². The Morgan fingerprint density at radius 3 is 2.25 bits per heavy atom. The maximum absolute atomic E-state index is 11.7. The maximum atomic E-state index is 11.7. The van der Waals surface area contributed by atoms with Crippen LogP contribution in [0.1, 0.15) is 36.0 Å². The number of hydrogen-bond donors (Lipinski definition) is 0. The Labute approximate surface area is 194 Å². The fourth-order valence-electron chi connectivity index (χ4n) is 3.68. The first-order valence-corrected chi connectivity index (χ1v) is 14.1. The zero-order valence-corrected chi connectivity index (χ0v) is 20.2. The van der Waals surface area contributed by atoms with E-state index in [2.05, 4.69) is 4.90 Å². The molecule has 1 saturated heterocycles. The number of rotatable bonds is 6. The summed E-state index contributed by atoms with van der Waals surface area (Å²) in [7, 11) is -4.62. The average molecular weight is 520 g/mol. The van der Waals surface area contributed by atoms with Crippen molar-refractivity contribution in [1.29, 1.82) is 0 Å². The van der Waals surface area contributed by atoms with Gasteiger partial charge in [-0.05, 0) is 0 Å². The summed E-state index contributed by atoms with van der Waals surface area (Å²) < 4.78 is 41.6. The molecule has 0 saturated carbocycles. The Hall–Kier alpha value is -2.09. The van der Waals surface area contributed by atoms with Gasteiger partial charge in [0.05, 0.1) is 0 Å². The number of allylic oxidation sites excluding steroid dienone is 2. The molecule has 0 aromatic heterocycles.